The molecule has 0 bridgehead atoms. The van der Waals surface area contributed by atoms with Gasteiger partial charge in [-0.15, -0.1) is 16.4 Å². The lowest BCUT2D eigenvalue weighted by molar-refractivity contribution is -0.111. The van der Waals surface area contributed by atoms with E-state index in [1.165, 1.54) is 16.9 Å². The van der Waals surface area contributed by atoms with Crippen LogP contribution in [0.4, 0.5) is 5.95 Å². The number of thiazole rings is 1. The molecule has 0 saturated carbocycles. The highest BCUT2D eigenvalue weighted by Crippen LogP contribution is 2.27. The van der Waals surface area contributed by atoms with Gasteiger partial charge in [0.05, 0.1) is 11.8 Å². The molecule has 0 aliphatic rings. The zero-order chi connectivity index (χ0) is 25.1. The van der Waals surface area contributed by atoms with Gasteiger partial charge in [-0.3, -0.25) is 10.1 Å². The van der Waals surface area contributed by atoms with E-state index in [1.807, 2.05) is 79.9 Å². The number of ether oxygens (including phenoxy) is 1. The number of nitrogens with one attached hydrogen (secondary N) is 1. The molecule has 0 aliphatic heterocycles. The Morgan fingerprint density at radius 1 is 1.00 bits per heavy atom. The van der Waals surface area contributed by atoms with Gasteiger partial charge in [-0.1, -0.05) is 72.3 Å². The van der Waals surface area contributed by atoms with E-state index in [4.69, 9.17) is 4.74 Å². The number of benzene rings is 3. The van der Waals surface area contributed by atoms with Crippen LogP contribution in [0.3, 0.4) is 0 Å². The number of hydrogen-bond donors (Lipinski definition) is 1. The molecule has 0 aliphatic carbocycles. The summed E-state index contributed by atoms with van der Waals surface area (Å²) >= 11 is 1.49. The van der Waals surface area contributed by atoms with Crippen molar-refractivity contribution >= 4 is 39.8 Å². The van der Waals surface area contributed by atoms with Gasteiger partial charge in [0.1, 0.15) is 5.75 Å². The highest BCUT2D eigenvalue weighted by Gasteiger charge is 2.17. The number of anilines is 1. The normalized spacial score (nSPS) is 11.7. The second kappa shape index (κ2) is 10.2. The SMILES string of the molecule is Cc1ccc(-c2csc3nc(NC(=O)/C(=C/c4ccc(OC(C)C)cc4)c4ccccc4)nn23)cc1. The Morgan fingerprint density at radius 3 is 2.42 bits per heavy atom. The summed E-state index contributed by atoms with van der Waals surface area (Å²) in [6, 6.07) is 25.5. The van der Waals surface area contributed by atoms with E-state index in [0.29, 0.717) is 10.5 Å². The van der Waals surface area contributed by atoms with E-state index in [2.05, 4.69) is 46.6 Å². The summed E-state index contributed by atoms with van der Waals surface area (Å²) in [5.74, 6) is 0.779. The Kier molecular flexibility index (Phi) is 6.64. The average Bonchev–Trinajstić information content (AvgIpc) is 3.44. The lowest BCUT2D eigenvalue weighted by atomic mass is 10.0. The van der Waals surface area contributed by atoms with E-state index >= 15 is 0 Å². The van der Waals surface area contributed by atoms with Crippen LogP contribution in [-0.4, -0.2) is 26.6 Å². The van der Waals surface area contributed by atoms with Crippen molar-refractivity contribution in [2.45, 2.75) is 26.9 Å². The summed E-state index contributed by atoms with van der Waals surface area (Å²) in [5.41, 5.74) is 5.39. The molecule has 0 atom stereocenters. The van der Waals surface area contributed by atoms with Gasteiger partial charge in [0.15, 0.2) is 0 Å². The van der Waals surface area contributed by atoms with Gasteiger partial charge < -0.3 is 4.74 Å². The van der Waals surface area contributed by atoms with Gasteiger partial charge in [-0.2, -0.15) is 4.98 Å². The summed E-state index contributed by atoms with van der Waals surface area (Å²) in [4.78, 5) is 18.7. The maximum Gasteiger partial charge on any atom is 0.258 e. The van der Waals surface area contributed by atoms with Crippen molar-refractivity contribution in [1.29, 1.82) is 0 Å². The molecular formula is C29H26N4O2S. The molecule has 0 radical (unpaired) electrons. The summed E-state index contributed by atoms with van der Waals surface area (Å²) in [5, 5.41) is 9.49. The van der Waals surface area contributed by atoms with Crippen molar-refractivity contribution in [3.63, 3.8) is 0 Å². The van der Waals surface area contributed by atoms with Crippen molar-refractivity contribution in [3.8, 4) is 17.0 Å². The molecule has 7 heteroatoms. The van der Waals surface area contributed by atoms with E-state index in [-0.39, 0.29) is 18.0 Å². The monoisotopic (exact) mass is 494 g/mol. The predicted molar refractivity (Wildman–Crippen MR) is 146 cm³/mol. The molecule has 0 fully saturated rings. The Bertz CT molecular complexity index is 1520. The Morgan fingerprint density at radius 2 is 1.72 bits per heavy atom. The van der Waals surface area contributed by atoms with Crippen LogP contribution >= 0.6 is 11.3 Å². The van der Waals surface area contributed by atoms with Crippen molar-refractivity contribution < 1.29 is 9.53 Å². The van der Waals surface area contributed by atoms with Crippen LogP contribution in [0.2, 0.25) is 0 Å². The van der Waals surface area contributed by atoms with E-state index < -0.39 is 0 Å². The Hall–Kier alpha value is -4.23. The molecule has 3 aromatic carbocycles. The Labute approximate surface area is 213 Å². The summed E-state index contributed by atoms with van der Waals surface area (Å²) in [6.07, 6.45) is 1.96. The standard InChI is InChI=1S/C29H26N4O2S/c1-19(2)35-24-15-11-21(12-16-24)17-25(22-7-5-4-6-8-22)27(34)30-28-31-29-33(32-28)26(18-36-29)23-13-9-20(3)10-14-23/h4-19H,1-3H3,(H,30,32,34)/b25-17+. The first-order chi connectivity index (χ1) is 17.5. The molecule has 0 unspecified atom stereocenters. The number of nitrogens with zero attached hydrogens (tertiary/aromatic N) is 3. The van der Waals surface area contributed by atoms with E-state index in [1.54, 1.807) is 4.52 Å². The fourth-order valence-corrected chi connectivity index (χ4v) is 4.64. The number of hydrogen-bond acceptors (Lipinski definition) is 5. The summed E-state index contributed by atoms with van der Waals surface area (Å²) in [7, 11) is 0. The van der Waals surface area contributed by atoms with Crippen molar-refractivity contribution in [2.75, 3.05) is 5.32 Å². The Balaban J connectivity index is 1.43. The maximum absolute atomic E-state index is 13.4. The lowest BCUT2D eigenvalue weighted by Gasteiger charge is -2.10. The number of carbonyl (C=O) groups excluding carboxylic acids is 1. The van der Waals surface area contributed by atoms with Crippen molar-refractivity contribution in [2.24, 2.45) is 0 Å². The highest BCUT2D eigenvalue weighted by molar-refractivity contribution is 7.15. The van der Waals surface area contributed by atoms with Gasteiger partial charge in [0.25, 0.3) is 11.9 Å². The number of fused-ring (bicyclic) bond motifs is 1. The predicted octanol–water partition coefficient (Wildman–Crippen LogP) is 6.73. The molecule has 5 aromatic rings. The topological polar surface area (TPSA) is 68.5 Å². The number of aromatic nitrogens is 3. The first-order valence-electron chi connectivity index (χ1n) is 11.7. The number of amides is 1. The molecule has 1 N–H and O–H groups in total. The van der Waals surface area contributed by atoms with Gasteiger partial charge in [0, 0.05) is 16.5 Å². The molecular weight excluding hydrogens is 468 g/mol. The van der Waals surface area contributed by atoms with E-state index in [9.17, 15) is 4.79 Å². The largest absolute Gasteiger partial charge is 0.491 e. The second-order valence-electron chi connectivity index (χ2n) is 8.73. The smallest absolute Gasteiger partial charge is 0.258 e. The van der Waals surface area contributed by atoms with Crippen LogP contribution in [0.25, 0.3) is 27.9 Å². The quantitative estimate of drug-likeness (QED) is 0.201. The third-order valence-electron chi connectivity index (χ3n) is 5.55. The molecule has 36 heavy (non-hydrogen) atoms. The van der Waals surface area contributed by atoms with Crippen molar-refractivity contribution in [1.82, 2.24) is 14.6 Å². The van der Waals surface area contributed by atoms with Crippen LogP contribution in [0.5, 0.6) is 5.75 Å². The molecule has 5 rings (SSSR count). The van der Waals surface area contributed by atoms with Crippen LogP contribution < -0.4 is 10.1 Å². The first-order valence-corrected chi connectivity index (χ1v) is 12.6. The fourth-order valence-electron chi connectivity index (χ4n) is 3.81. The van der Waals surface area contributed by atoms with Crippen LogP contribution in [0.1, 0.15) is 30.5 Å². The molecule has 2 aromatic heterocycles. The zero-order valence-corrected chi connectivity index (χ0v) is 21.1. The second-order valence-corrected chi connectivity index (χ2v) is 9.57. The average molecular weight is 495 g/mol. The fraction of sp³-hybridized carbons (Fsp3) is 0.138. The van der Waals surface area contributed by atoms with Gasteiger partial charge in [-0.25, -0.2) is 4.52 Å². The van der Waals surface area contributed by atoms with E-state index in [0.717, 1.165) is 28.1 Å². The first kappa shape index (κ1) is 23.5. The minimum atomic E-state index is -0.279. The van der Waals surface area contributed by atoms with Crippen LogP contribution in [-0.2, 0) is 4.79 Å². The van der Waals surface area contributed by atoms with Gasteiger partial charge in [0.2, 0.25) is 4.96 Å². The molecule has 0 spiro atoms. The molecule has 2 heterocycles. The van der Waals surface area contributed by atoms with Crippen LogP contribution in [0, 0.1) is 6.92 Å². The maximum atomic E-state index is 13.4. The third-order valence-corrected chi connectivity index (χ3v) is 6.36. The molecule has 6 nitrogen and oxygen atoms in total. The molecule has 1 amide bonds. The molecule has 0 saturated heterocycles. The zero-order valence-electron chi connectivity index (χ0n) is 20.3. The minimum absolute atomic E-state index is 0.0978. The minimum Gasteiger partial charge on any atom is -0.491 e. The van der Waals surface area contributed by atoms with Crippen molar-refractivity contribution in [3.05, 3.63) is 101 Å². The summed E-state index contributed by atoms with van der Waals surface area (Å²) in [6.45, 7) is 6.04. The highest BCUT2D eigenvalue weighted by atomic mass is 32.1. The van der Waals surface area contributed by atoms with Gasteiger partial charge in [-0.05, 0) is 50.1 Å². The number of rotatable bonds is 7. The number of aryl methyl sites for hydroxylation is 1. The molecule has 180 valence electrons. The lowest BCUT2D eigenvalue weighted by Crippen LogP contribution is -2.15. The van der Waals surface area contributed by atoms with Crippen LogP contribution in [0.15, 0.2) is 84.2 Å². The number of carbonyl (C=O) groups is 1. The van der Waals surface area contributed by atoms with Gasteiger partial charge >= 0.3 is 0 Å². The summed E-state index contributed by atoms with van der Waals surface area (Å²) < 4.78 is 7.50. The third kappa shape index (κ3) is 5.21.